The maximum atomic E-state index is 14.7. The van der Waals surface area contributed by atoms with Crippen LogP contribution < -0.4 is 10.6 Å². The lowest BCUT2D eigenvalue weighted by atomic mass is 9.85. The number of hydrogen-bond acceptors (Lipinski definition) is 6. The first kappa shape index (κ1) is 18.8. The monoisotopic (exact) mass is 384 g/mol. The van der Waals surface area contributed by atoms with E-state index in [4.69, 9.17) is 10.5 Å². The minimum atomic E-state index is -3.42. The molecule has 0 bridgehead atoms. The Bertz CT molecular complexity index is 796. The molecule has 1 atom stereocenters. The number of benzene rings is 1. The molecule has 5 nitrogen and oxygen atoms in total. The number of nitrogens with two attached hydrogens (primary N) is 1. The maximum absolute atomic E-state index is 14.7. The van der Waals surface area contributed by atoms with Gasteiger partial charge in [0.15, 0.2) is 5.54 Å². The number of amidine groups is 1. The van der Waals surface area contributed by atoms with E-state index in [1.54, 1.807) is 12.4 Å². The van der Waals surface area contributed by atoms with Crippen molar-refractivity contribution in [3.63, 3.8) is 0 Å². The second kappa shape index (κ2) is 6.96. The molecular formula is C17H19F3N4OS. The molecule has 9 heteroatoms. The minimum absolute atomic E-state index is 0.0934. The number of alkyl halides is 2. The van der Waals surface area contributed by atoms with Crippen LogP contribution in [0.5, 0.6) is 0 Å². The van der Waals surface area contributed by atoms with E-state index >= 15 is 0 Å². The molecule has 0 aromatic heterocycles. The van der Waals surface area contributed by atoms with Gasteiger partial charge in [0, 0.05) is 23.7 Å². The van der Waals surface area contributed by atoms with Crippen LogP contribution in [0, 0.1) is 5.82 Å². The zero-order chi connectivity index (χ0) is 18.9. The standard InChI is InChI=1S/C17H19F3N4OS/c1-16(17(19,20)10-25-9-14(21)23-16)12-7-11(3-4-13(12)18)24-6-5-22-15(8-24)26-2/h3-5,7-8H,6,9-10H2,1-2H3,(H2,21,23)/t16-/m1/s1. The fraction of sp³-hybridized carbons (Fsp3) is 0.412. The Hall–Kier alpha value is -2.00. The molecule has 26 heavy (non-hydrogen) atoms. The van der Waals surface area contributed by atoms with E-state index in [1.807, 2.05) is 11.2 Å². The van der Waals surface area contributed by atoms with Gasteiger partial charge in [0.1, 0.15) is 29.9 Å². The number of ether oxygens (including phenoxy) is 1. The lowest BCUT2D eigenvalue weighted by Gasteiger charge is -2.34. The molecule has 0 saturated heterocycles. The van der Waals surface area contributed by atoms with Gasteiger partial charge in [-0.2, -0.15) is 0 Å². The van der Waals surface area contributed by atoms with E-state index in [0.717, 1.165) is 5.03 Å². The molecule has 0 fully saturated rings. The Labute approximate surface area is 153 Å². The van der Waals surface area contributed by atoms with Gasteiger partial charge in [-0.25, -0.2) is 13.2 Å². The molecule has 1 aromatic rings. The van der Waals surface area contributed by atoms with E-state index in [0.29, 0.717) is 12.2 Å². The summed E-state index contributed by atoms with van der Waals surface area (Å²) in [6.45, 7) is 0.535. The van der Waals surface area contributed by atoms with Crippen molar-refractivity contribution >= 4 is 29.5 Å². The first-order chi connectivity index (χ1) is 12.3. The molecule has 0 radical (unpaired) electrons. The summed E-state index contributed by atoms with van der Waals surface area (Å²) in [5.74, 6) is -4.28. The Morgan fingerprint density at radius 2 is 2.12 bits per heavy atom. The zero-order valence-electron chi connectivity index (χ0n) is 14.4. The number of anilines is 1. The van der Waals surface area contributed by atoms with Gasteiger partial charge in [-0.1, -0.05) is 0 Å². The highest BCUT2D eigenvalue weighted by molar-refractivity contribution is 8.02. The van der Waals surface area contributed by atoms with E-state index in [2.05, 4.69) is 9.98 Å². The van der Waals surface area contributed by atoms with Crippen molar-refractivity contribution in [1.29, 1.82) is 0 Å². The maximum Gasteiger partial charge on any atom is 0.299 e. The van der Waals surface area contributed by atoms with Crippen molar-refractivity contribution in [2.75, 3.05) is 30.9 Å². The van der Waals surface area contributed by atoms with Gasteiger partial charge >= 0.3 is 0 Å². The molecule has 0 spiro atoms. The van der Waals surface area contributed by atoms with Gasteiger partial charge in [-0.05, 0) is 31.4 Å². The van der Waals surface area contributed by atoms with Gasteiger partial charge in [0.05, 0.1) is 6.54 Å². The van der Waals surface area contributed by atoms with Crippen molar-refractivity contribution in [2.24, 2.45) is 15.7 Å². The number of halogens is 3. The molecule has 2 aliphatic rings. The summed E-state index contributed by atoms with van der Waals surface area (Å²) in [6.07, 6.45) is 5.38. The van der Waals surface area contributed by atoms with Gasteiger partial charge in [0.2, 0.25) is 0 Å². The van der Waals surface area contributed by atoms with Crippen LogP contribution in [0.3, 0.4) is 0 Å². The van der Waals surface area contributed by atoms with Crippen molar-refractivity contribution in [2.45, 2.75) is 18.4 Å². The summed E-state index contributed by atoms with van der Waals surface area (Å²) < 4.78 is 48.9. The first-order valence-electron chi connectivity index (χ1n) is 7.91. The lowest BCUT2D eigenvalue weighted by molar-refractivity contribution is -0.116. The molecular weight excluding hydrogens is 365 g/mol. The molecule has 0 aliphatic carbocycles. The largest absolute Gasteiger partial charge is 0.385 e. The van der Waals surface area contributed by atoms with E-state index in [9.17, 15) is 13.2 Å². The molecule has 2 N–H and O–H groups in total. The molecule has 3 rings (SSSR count). The molecule has 0 unspecified atom stereocenters. The number of hydrogen-bond donors (Lipinski definition) is 1. The zero-order valence-corrected chi connectivity index (χ0v) is 15.2. The van der Waals surface area contributed by atoms with Crippen molar-refractivity contribution in [3.8, 4) is 0 Å². The van der Waals surface area contributed by atoms with Crippen LogP contribution in [0.4, 0.5) is 18.9 Å². The molecule has 2 heterocycles. The first-order valence-corrected chi connectivity index (χ1v) is 9.14. The summed E-state index contributed by atoms with van der Waals surface area (Å²) in [5.41, 5.74) is 3.84. The summed E-state index contributed by atoms with van der Waals surface area (Å²) >= 11 is 1.45. The van der Waals surface area contributed by atoms with Crippen LogP contribution in [-0.2, 0) is 10.3 Å². The normalized spacial score (nSPS) is 25.5. The molecule has 2 aliphatic heterocycles. The SMILES string of the molecule is CSC1=CN(c2ccc(F)c([C@@]3(C)N=C(N)COCC3(F)F)c2)CC=N1. The Kier molecular flexibility index (Phi) is 5.03. The van der Waals surface area contributed by atoms with Gasteiger partial charge in [0.25, 0.3) is 5.92 Å². The Morgan fingerprint density at radius 1 is 1.35 bits per heavy atom. The van der Waals surface area contributed by atoms with Crippen LogP contribution in [0.2, 0.25) is 0 Å². The number of thioether (sulfide) groups is 1. The third-order valence-electron chi connectivity index (χ3n) is 4.39. The van der Waals surface area contributed by atoms with Crippen LogP contribution >= 0.6 is 11.8 Å². The predicted octanol–water partition coefficient (Wildman–Crippen LogP) is 3.12. The van der Waals surface area contributed by atoms with E-state index < -0.39 is 23.9 Å². The van der Waals surface area contributed by atoms with Crippen molar-refractivity contribution < 1.29 is 17.9 Å². The smallest absolute Gasteiger partial charge is 0.299 e. The summed E-state index contributed by atoms with van der Waals surface area (Å²) in [7, 11) is 0. The molecule has 0 amide bonds. The number of nitrogens with zero attached hydrogens (tertiary/aromatic N) is 3. The summed E-state index contributed by atoms with van der Waals surface area (Å²) in [5, 5.41) is 0.767. The Morgan fingerprint density at radius 3 is 2.85 bits per heavy atom. The lowest BCUT2D eigenvalue weighted by Crippen LogP contribution is -2.45. The summed E-state index contributed by atoms with van der Waals surface area (Å²) in [4.78, 5) is 9.95. The minimum Gasteiger partial charge on any atom is -0.385 e. The van der Waals surface area contributed by atoms with Gasteiger partial charge in [-0.15, -0.1) is 11.8 Å². The highest BCUT2D eigenvalue weighted by Crippen LogP contribution is 2.44. The van der Waals surface area contributed by atoms with E-state index in [1.165, 1.54) is 36.9 Å². The number of rotatable bonds is 3. The Balaban J connectivity index is 2.09. The van der Waals surface area contributed by atoms with E-state index in [-0.39, 0.29) is 18.0 Å². The van der Waals surface area contributed by atoms with Gasteiger partial charge < -0.3 is 15.4 Å². The topological polar surface area (TPSA) is 63.2 Å². The highest BCUT2D eigenvalue weighted by atomic mass is 32.2. The van der Waals surface area contributed by atoms with Crippen LogP contribution in [-0.4, -0.2) is 44.0 Å². The summed E-state index contributed by atoms with van der Waals surface area (Å²) in [6, 6.07) is 4.09. The fourth-order valence-electron chi connectivity index (χ4n) is 2.87. The fourth-order valence-corrected chi connectivity index (χ4v) is 3.28. The van der Waals surface area contributed by atoms with Gasteiger partial charge in [-0.3, -0.25) is 9.98 Å². The average molecular weight is 384 g/mol. The van der Waals surface area contributed by atoms with Crippen LogP contribution in [0.1, 0.15) is 12.5 Å². The van der Waals surface area contributed by atoms with Crippen molar-refractivity contribution in [3.05, 3.63) is 40.8 Å². The second-order valence-corrected chi connectivity index (χ2v) is 7.00. The average Bonchev–Trinajstić information content (AvgIpc) is 2.71. The third-order valence-corrected chi connectivity index (χ3v) is 5.02. The van der Waals surface area contributed by atoms with Crippen molar-refractivity contribution in [1.82, 2.24) is 0 Å². The highest BCUT2D eigenvalue weighted by Gasteiger charge is 2.54. The van der Waals surface area contributed by atoms with Crippen LogP contribution in [0.15, 0.2) is 39.4 Å². The predicted molar refractivity (Wildman–Crippen MR) is 98.6 cm³/mol. The molecule has 1 aromatic carbocycles. The second-order valence-electron chi connectivity index (χ2n) is 6.17. The number of aliphatic imine (C=N–C) groups is 2. The quantitative estimate of drug-likeness (QED) is 0.870. The van der Waals surface area contributed by atoms with Crippen LogP contribution in [0.25, 0.3) is 0 Å². The molecule has 0 saturated carbocycles. The third kappa shape index (κ3) is 3.33. The molecule has 140 valence electrons.